The topological polar surface area (TPSA) is 18.5 Å². The van der Waals surface area contributed by atoms with Crippen LogP contribution in [-0.2, 0) is 29.3 Å². The Morgan fingerprint density at radius 1 is 0.512 bits per heavy atom. The Labute approximate surface area is 272 Å². The number of hydrogen-bond donors (Lipinski definition) is 0. The van der Waals surface area contributed by atoms with Crippen LogP contribution in [0, 0.1) is 10.2 Å². The first kappa shape index (κ1) is 32.3. The molecule has 4 aromatic carbocycles. The van der Waals surface area contributed by atoms with E-state index < -0.39 is 0 Å². The minimum Gasteiger partial charge on any atom is -0.497 e. The van der Waals surface area contributed by atoms with Crippen molar-refractivity contribution in [3.8, 4) is 11.5 Å². The van der Waals surface area contributed by atoms with Crippen molar-refractivity contribution in [2.24, 2.45) is 0 Å². The van der Waals surface area contributed by atoms with E-state index in [4.69, 9.17) is 9.47 Å². The summed E-state index contributed by atoms with van der Waals surface area (Å²) in [4.78, 5) is 0. The zero-order chi connectivity index (χ0) is 27.6. The van der Waals surface area contributed by atoms with Crippen LogP contribution in [0.3, 0.4) is 0 Å². The molecule has 7 heteroatoms. The number of hydrogen-bond acceptors (Lipinski definition) is 6. The van der Waals surface area contributed by atoms with Gasteiger partial charge in [0.15, 0.2) is 0 Å². The summed E-state index contributed by atoms with van der Waals surface area (Å²) >= 11 is 7.78. The maximum atomic E-state index is 5.23. The van der Waals surface area contributed by atoms with Crippen molar-refractivity contribution in [1.29, 1.82) is 0 Å². The molecule has 2 aliphatic heterocycles. The third-order valence-electron chi connectivity index (χ3n) is 6.99. The smallest absolute Gasteiger partial charge is 0.497 e. The second kappa shape index (κ2) is 16.9. The standard InChI is InChI=1S/2C17H17OS2.Ni/c2*1-18-15-9-7-14(8-10-15)17-16(19-12-20-17)11-13-5-3-2-4-6-13;/h2*2-10,12,16-17H,11H2,1H3;/q2*-1;+2. The Morgan fingerprint density at radius 3 is 1.22 bits per heavy atom. The van der Waals surface area contributed by atoms with Gasteiger partial charge in [-0.2, -0.15) is 0 Å². The number of thioether (sulfide) groups is 4. The average molecular weight is 662 g/mol. The minimum absolute atomic E-state index is 0. The summed E-state index contributed by atoms with van der Waals surface area (Å²) in [6, 6.07) is 38.5. The first-order chi connectivity index (χ1) is 19.7. The van der Waals surface area contributed by atoms with Crippen molar-refractivity contribution in [2.45, 2.75) is 33.8 Å². The third kappa shape index (κ3) is 9.18. The molecule has 216 valence electrons. The molecular weight excluding hydrogens is 627 g/mol. The summed E-state index contributed by atoms with van der Waals surface area (Å²) in [6.07, 6.45) is 2.23. The number of methoxy groups -OCH3 is 2. The summed E-state index contributed by atoms with van der Waals surface area (Å²) in [5.74, 6) is 1.85. The van der Waals surface area contributed by atoms with Crippen molar-refractivity contribution in [3.63, 3.8) is 0 Å². The van der Waals surface area contributed by atoms with Gasteiger partial charge in [0, 0.05) is 10.5 Å². The molecule has 0 amide bonds. The molecule has 0 radical (unpaired) electrons. The predicted molar refractivity (Wildman–Crippen MR) is 178 cm³/mol. The van der Waals surface area contributed by atoms with E-state index in [0.717, 1.165) is 24.3 Å². The Morgan fingerprint density at radius 2 is 0.878 bits per heavy atom. The van der Waals surface area contributed by atoms with Gasteiger partial charge in [-0.1, -0.05) is 84.9 Å². The van der Waals surface area contributed by atoms with E-state index in [1.807, 2.05) is 47.0 Å². The maximum absolute atomic E-state index is 5.23. The van der Waals surface area contributed by atoms with Crippen LogP contribution in [0.2, 0.25) is 0 Å². The second-order valence-electron chi connectivity index (χ2n) is 9.58. The van der Waals surface area contributed by atoms with Crippen LogP contribution in [0.4, 0.5) is 0 Å². The first-order valence-electron chi connectivity index (χ1n) is 13.3. The fourth-order valence-corrected chi connectivity index (χ4v) is 10.6. The van der Waals surface area contributed by atoms with E-state index >= 15 is 0 Å². The van der Waals surface area contributed by atoms with Gasteiger partial charge in [0.2, 0.25) is 0 Å². The van der Waals surface area contributed by atoms with Crippen molar-refractivity contribution in [2.75, 3.05) is 14.2 Å². The maximum Gasteiger partial charge on any atom is 2.00 e. The van der Waals surface area contributed by atoms with E-state index in [9.17, 15) is 0 Å². The van der Waals surface area contributed by atoms with Crippen molar-refractivity contribution in [3.05, 3.63) is 142 Å². The fraction of sp³-hybridized carbons (Fsp3) is 0.235. The van der Waals surface area contributed by atoms with Crippen LogP contribution in [0.15, 0.2) is 109 Å². The SMILES string of the molecule is COc1ccc(C2S[CH-]SC2Cc2ccccc2)cc1.COc1ccc(C2S[CH-]SC2Cc2ccccc2)cc1.[Ni+2]. The van der Waals surface area contributed by atoms with E-state index in [-0.39, 0.29) is 16.5 Å². The Kier molecular flexibility index (Phi) is 13.3. The van der Waals surface area contributed by atoms with E-state index in [2.05, 4.69) is 119 Å². The molecule has 0 aliphatic carbocycles. The van der Waals surface area contributed by atoms with Gasteiger partial charge < -0.3 is 56.5 Å². The van der Waals surface area contributed by atoms with Gasteiger partial charge in [-0.3, -0.25) is 0 Å². The van der Waals surface area contributed by atoms with Gasteiger partial charge >= 0.3 is 16.5 Å². The minimum atomic E-state index is 0. The van der Waals surface area contributed by atoms with Crippen LogP contribution in [-0.4, -0.2) is 24.7 Å². The normalized spacial score (nSPS) is 21.3. The van der Waals surface area contributed by atoms with E-state index in [1.54, 1.807) is 14.2 Å². The molecule has 6 rings (SSSR count). The summed E-state index contributed by atoms with van der Waals surface area (Å²) < 4.78 is 10.5. The molecule has 2 saturated heterocycles. The van der Waals surface area contributed by atoms with Crippen LogP contribution in [0.1, 0.15) is 32.8 Å². The van der Waals surface area contributed by atoms with Crippen molar-refractivity contribution in [1.82, 2.24) is 0 Å². The van der Waals surface area contributed by atoms with E-state index in [0.29, 0.717) is 21.0 Å². The average Bonchev–Trinajstić information content (AvgIpc) is 3.68. The number of rotatable bonds is 8. The Balaban J connectivity index is 0.000000184. The van der Waals surface area contributed by atoms with Crippen LogP contribution in [0.25, 0.3) is 0 Å². The molecule has 4 unspecified atom stereocenters. The first-order valence-corrected chi connectivity index (χ1v) is 17.1. The van der Waals surface area contributed by atoms with Crippen LogP contribution >= 0.6 is 47.0 Å². The van der Waals surface area contributed by atoms with Crippen LogP contribution < -0.4 is 9.47 Å². The third-order valence-corrected chi connectivity index (χ3v) is 12.5. The van der Waals surface area contributed by atoms with Gasteiger partial charge in [0.05, 0.1) is 14.2 Å². The van der Waals surface area contributed by atoms with Crippen molar-refractivity contribution >= 4 is 47.0 Å². The summed E-state index contributed by atoms with van der Waals surface area (Å²) in [5, 5.41) is 6.84. The summed E-state index contributed by atoms with van der Waals surface area (Å²) in [7, 11) is 3.42. The molecule has 4 aromatic rings. The van der Waals surface area contributed by atoms with Crippen LogP contribution in [0.5, 0.6) is 11.5 Å². The van der Waals surface area contributed by atoms with E-state index in [1.165, 1.54) is 22.3 Å². The Bertz CT molecular complexity index is 1190. The molecule has 0 bridgehead atoms. The molecular formula is C34H34NiO2S4. The molecule has 2 fully saturated rings. The Hall–Kier alpha value is -1.63. The summed E-state index contributed by atoms with van der Waals surface area (Å²) in [6.45, 7) is 0. The zero-order valence-electron chi connectivity index (χ0n) is 23.0. The molecule has 2 aliphatic rings. The molecule has 0 saturated carbocycles. The number of ether oxygens (including phenoxy) is 2. The molecule has 0 N–H and O–H groups in total. The molecule has 2 nitrogen and oxygen atoms in total. The van der Waals surface area contributed by atoms with Gasteiger partial charge in [0.1, 0.15) is 11.5 Å². The fourth-order valence-electron chi connectivity index (χ4n) is 4.82. The second-order valence-corrected chi connectivity index (χ2v) is 14.4. The predicted octanol–water partition coefficient (Wildman–Crippen LogP) is 9.89. The van der Waals surface area contributed by atoms with Gasteiger partial charge in [-0.05, 0) is 69.9 Å². The molecule has 0 aromatic heterocycles. The van der Waals surface area contributed by atoms with Gasteiger partial charge in [-0.25, -0.2) is 10.2 Å². The molecule has 41 heavy (non-hydrogen) atoms. The number of benzene rings is 4. The van der Waals surface area contributed by atoms with Crippen molar-refractivity contribution < 1.29 is 26.0 Å². The molecule has 0 spiro atoms. The van der Waals surface area contributed by atoms with Gasteiger partial charge in [-0.15, -0.1) is 0 Å². The molecule has 2 heterocycles. The quantitative estimate of drug-likeness (QED) is 0.137. The monoisotopic (exact) mass is 660 g/mol. The largest absolute Gasteiger partial charge is 2.00 e. The summed E-state index contributed by atoms with van der Waals surface area (Å²) in [5.41, 5.74) is 5.61. The zero-order valence-corrected chi connectivity index (χ0v) is 27.3. The van der Waals surface area contributed by atoms with Gasteiger partial charge in [0.25, 0.3) is 0 Å². The molecule has 4 atom stereocenters.